The van der Waals surface area contributed by atoms with Crippen LogP contribution in [0, 0.1) is 17.7 Å². The van der Waals surface area contributed by atoms with Crippen LogP contribution in [0.2, 0.25) is 0 Å². The maximum absolute atomic E-state index is 13.3. The molecule has 1 heterocycles. The topological polar surface area (TPSA) is 43.7 Å². The minimum Gasteiger partial charge on any atom is -0.390 e. The lowest BCUT2D eigenvalue weighted by Crippen LogP contribution is -2.42. The normalized spacial score (nSPS) is 18.4. The Morgan fingerprint density at radius 3 is 2.70 bits per heavy atom. The SMILES string of the molecule is CC1(O)CCN(Cc2ccc(F)cc2C#CCO)CC1. The van der Waals surface area contributed by atoms with E-state index in [4.69, 9.17) is 5.11 Å². The average molecular weight is 277 g/mol. The molecule has 1 aliphatic heterocycles. The fraction of sp³-hybridized carbons (Fsp3) is 0.500. The van der Waals surface area contributed by atoms with Gasteiger partial charge in [0, 0.05) is 25.2 Å². The molecule has 108 valence electrons. The summed E-state index contributed by atoms with van der Waals surface area (Å²) in [6.45, 7) is 3.95. The van der Waals surface area contributed by atoms with Crippen molar-refractivity contribution in [3.8, 4) is 11.8 Å². The zero-order valence-electron chi connectivity index (χ0n) is 11.7. The van der Waals surface area contributed by atoms with Gasteiger partial charge in [0.25, 0.3) is 0 Å². The van der Waals surface area contributed by atoms with E-state index < -0.39 is 5.60 Å². The Kier molecular flexibility index (Phi) is 4.77. The van der Waals surface area contributed by atoms with Gasteiger partial charge in [-0.1, -0.05) is 17.9 Å². The maximum atomic E-state index is 13.3. The standard InChI is InChI=1S/C16H20FNO2/c1-16(20)6-8-18(9-7-16)12-14-4-5-15(17)11-13(14)3-2-10-19/h4-5,11,19-20H,6-10,12H2,1H3. The van der Waals surface area contributed by atoms with Gasteiger partial charge in [0.05, 0.1) is 5.60 Å². The first-order valence-corrected chi connectivity index (χ1v) is 6.83. The van der Waals surface area contributed by atoms with E-state index in [1.54, 1.807) is 6.07 Å². The van der Waals surface area contributed by atoms with Gasteiger partial charge in [-0.3, -0.25) is 4.90 Å². The van der Waals surface area contributed by atoms with E-state index in [1.165, 1.54) is 12.1 Å². The van der Waals surface area contributed by atoms with Crippen molar-refractivity contribution in [3.63, 3.8) is 0 Å². The number of piperidine rings is 1. The van der Waals surface area contributed by atoms with Crippen LogP contribution >= 0.6 is 0 Å². The number of hydrogen-bond acceptors (Lipinski definition) is 3. The predicted molar refractivity (Wildman–Crippen MR) is 75.5 cm³/mol. The third-order valence-corrected chi connectivity index (χ3v) is 3.70. The predicted octanol–water partition coefficient (Wildman–Crippen LogP) is 1.52. The number of nitrogens with zero attached hydrogens (tertiary/aromatic N) is 1. The second-order valence-corrected chi connectivity index (χ2v) is 5.53. The molecule has 0 spiro atoms. The largest absolute Gasteiger partial charge is 0.390 e. The molecule has 2 N–H and O–H groups in total. The fourth-order valence-corrected chi connectivity index (χ4v) is 2.37. The van der Waals surface area contributed by atoms with Crippen LogP contribution in [-0.2, 0) is 6.54 Å². The van der Waals surface area contributed by atoms with Gasteiger partial charge in [0.15, 0.2) is 0 Å². The molecular formula is C16H20FNO2. The molecule has 0 bridgehead atoms. The smallest absolute Gasteiger partial charge is 0.124 e. The van der Waals surface area contributed by atoms with Gasteiger partial charge >= 0.3 is 0 Å². The van der Waals surface area contributed by atoms with Crippen molar-refractivity contribution in [2.75, 3.05) is 19.7 Å². The zero-order chi connectivity index (χ0) is 14.6. The van der Waals surface area contributed by atoms with Crippen molar-refractivity contribution in [3.05, 3.63) is 35.1 Å². The number of likely N-dealkylation sites (tertiary alicyclic amines) is 1. The molecule has 0 radical (unpaired) electrons. The van der Waals surface area contributed by atoms with Gasteiger partial charge in [-0.05, 0) is 37.5 Å². The van der Waals surface area contributed by atoms with E-state index in [2.05, 4.69) is 16.7 Å². The van der Waals surface area contributed by atoms with Gasteiger partial charge in [0.1, 0.15) is 12.4 Å². The quantitative estimate of drug-likeness (QED) is 0.806. The molecule has 0 amide bonds. The summed E-state index contributed by atoms with van der Waals surface area (Å²) < 4.78 is 13.3. The summed E-state index contributed by atoms with van der Waals surface area (Å²) in [5, 5.41) is 18.7. The summed E-state index contributed by atoms with van der Waals surface area (Å²) in [7, 11) is 0. The lowest BCUT2D eigenvalue weighted by molar-refractivity contribution is -0.00731. The van der Waals surface area contributed by atoms with E-state index in [0.29, 0.717) is 12.1 Å². The summed E-state index contributed by atoms with van der Waals surface area (Å²) in [6.07, 6.45) is 1.48. The van der Waals surface area contributed by atoms with Crippen molar-refractivity contribution in [1.82, 2.24) is 4.90 Å². The highest BCUT2D eigenvalue weighted by Gasteiger charge is 2.27. The van der Waals surface area contributed by atoms with Crippen molar-refractivity contribution in [2.45, 2.75) is 31.9 Å². The Labute approximate surface area is 119 Å². The van der Waals surface area contributed by atoms with Crippen LogP contribution in [0.15, 0.2) is 18.2 Å². The van der Waals surface area contributed by atoms with Crippen LogP contribution < -0.4 is 0 Å². The van der Waals surface area contributed by atoms with Crippen molar-refractivity contribution >= 4 is 0 Å². The third-order valence-electron chi connectivity index (χ3n) is 3.70. The van der Waals surface area contributed by atoms with E-state index in [0.717, 1.165) is 31.5 Å². The molecule has 0 aliphatic carbocycles. The molecule has 0 unspecified atom stereocenters. The Morgan fingerprint density at radius 1 is 1.35 bits per heavy atom. The van der Waals surface area contributed by atoms with Gasteiger partial charge in [-0.15, -0.1) is 0 Å². The minimum atomic E-state index is -0.571. The molecule has 0 aromatic heterocycles. The number of halogens is 1. The second kappa shape index (κ2) is 6.36. The number of rotatable bonds is 2. The second-order valence-electron chi connectivity index (χ2n) is 5.53. The molecule has 0 saturated carbocycles. The molecular weight excluding hydrogens is 257 g/mol. The van der Waals surface area contributed by atoms with E-state index in [-0.39, 0.29) is 12.4 Å². The maximum Gasteiger partial charge on any atom is 0.124 e. The van der Waals surface area contributed by atoms with E-state index in [1.807, 2.05) is 6.92 Å². The van der Waals surface area contributed by atoms with Crippen LogP contribution in [0.25, 0.3) is 0 Å². The summed E-state index contributed by atoms with van der Waals surface area (Å²) in [5.41, 5.74) is 1.00. The Hall–Kier alpha value is -1.41. The number of aliphatic hydroxyl groups excluding tert-OH is 1. The third kappa shape index (κ3) is 4.04. The van der Waals surface area contributed by atoms with Gasteiger partial charge < -0.3 is 10.2 Å². The Balaban J connectivity index is 2.09. The molecule has 1 aromatic carbocycles. The summed E-state index contributed by atoms with van der Waals surface area (Å²) in [4.78, 5) is 2.23. The van der Waals surface area contributed by atoms with Crippen LogP contribution in [0.5, 0.6) is 0 Å². The lowest BCUT2D eigenvalue weighted by Gasteiger charge is -2.35. The average Bonchev–Trinajstić information content (AvgIpc) is 2.41. The van der Waals surface area contributed by atoms with Crippen molar-refractivity contribution in [2.24, 2.45) is 0 Å². The molecule has 20 heavy (non-hydrogen) atoms. The first-order valence-electron chi connectivity index (χ1n) is 6.83. The first kappa shape index (κ1) is 15.0. The number of aliphatic hydroxyl groups is 2. The molecule has 4 heteroatoms. The number of benzene rings is 1. The van der Waals surface area contributed by atoms with E-state index >= 15 is 0 Å². The van der Waals surface area contributed by atoms with Crippen LogP contribution in [0.4, 0.5) is 4.39 Å². The summed E-state index contributed by atoms with van der Waals surface area (Å²) in [6, 6.07) is 4.57. The molecule has 0 atom stereocenters. The Bertz CT molecular complexity index is 521. The lowest BCUT2D eigenvalue weighted by atomic mass is 9.93. The zero-order valence-corrected chi connectivity index (χ0v) is 11.7. The van der Waals surface area contributed by atoms with Gasteiger partial charge in [0.2, 0.25) is 0 Å². The molecule has 1 saturated heterocycles. The highest BCUT2D eigenvalue weighted by atomic mass is 19.1. The van der Waals surface area contributed by atoms with Gasteiger partial charge in [-0.2, -0.15) is 0 Å². The molecule has 1 aromatic rings. The fourth-order valence-electron chi connectivity index (χ4n) is 2.37. The highest BCUT2D eigenvalue weighted by molar-refractivity contribution is 5.41. The van der Waals surface area contributed by atoms with Crippen LogP contribution in [0.3, 0.4) is 0 Å². The van der Waals surface area contributed by atoms with E-state index in [9.17, 15) is 9.50 Å². The monoisotopic (exact) mass is 277 g/mol. The van der Waals surface area contributed by atoms with Gasteiger partial charge in [-0.25, -0.2) is 4.39 Å². The molecule has 3 nitrogen and oxygen atoms in total. The van der Waals surface area contributed by atoms with Crippen molar-refractivity contribution in [1.29, 1.82) is 0 Å². The number of hydrogen-bond donors (Lipinski definition) is 2. The van der Waals surface area contributed by atoms with Crippen molar-refractivity contribution < 1.29 is 14.6 Å². The highest BCUT2D eigenvalue weighted by Crippen LogP contribution is 2.23. The Morgan fingerprint density at radius 2 is 2.05 bits per heavy atom. The molecule has 2 rings (SSSR count). The first-order chi connectivity index (χ1) is 9.50. The summed E-state index contributed by atoms with van der Waals surface area (Å²) >= 11 is 0. The minimum absolute atomic E-state index is 0.234. The van der Waals surface area contributed by atoms with Crippen LogP contribution in [0.1, 0.15) is 30.9 Å². The van der Waals surface area contributed by atoms with Crippen LogP contribution in [-0.4, -0.2) is 40.4 Å². The molecule has 1 fully saturated rings. The molecule has 1 aliphatic rings. The summed E-state index contributed by atoms with van der Waals surface area (Å²) in [5.74, 6) is 5.03.